The Morgan fingerprint density at radius 1 is 0.972 bits per heavy atom. The lowest BCUT2D eigenvalue weighted by Crippen LogP contribution is -2.68. The third-order valence-electron chi connectivity index (χ3n) is 7.38. The molecule has 7 nitrogen and oxygen atoms in total. The van der Waals surface area contributed by atoms with Crippen LogP contribution >= 0.6 is 0 Å². The van der Waals surface area contributed by atoms with Gasteiger partial charge in [-0.1, -0.05) is 12.1 Å². The quantitative estimate of drug-likeness (QED) is 0.419. The molecule has 0 spiro atoms. The van der Waals surface area contributed by atoms with E-state index in [9.17, 15) is 0 Å². The van der Waals surface area contributed by atoms with Crippen molar-refractivity contribution >= 4 is 5.82 Å². The van der Waals surface area contributed by atoms with Crippen LogP contribution in [0.25, 0.3) is 11.3 Å². The van der Waals surface area contributed by atoms with Gasteiger partial charge in [0.2, 0.25) is 0 Å². The fourth-order valence-electron chi connectivity index (χ4n) is 5.53. The Labute approximate surface area is 212 Å². The molecule has 4 aromatic rings. The van der Waals surface area contributed by atoms with Gasteiger partial charge >= 0.3 is 0 Å². The molecule has 3 fully saturated rings. The van der Waals surface area contributed by atoms with Gasteiger partial charge in [0.1, 0.15) is 11.6 Å². The minimum Gasteiger partial charge on any atom is -0.497 e. The smallest absolute Gasteiger partial charge is 0.128 e. The number of fused-ring (bicyclic) bond motifs is 2. The maximum Gasteiger partial charge on any atom is 0.128 e. The van der Waals surface area contributed by atoms with E-state index in [1.54, 1.807) is 7.11 Å². The number of hydrogen-bond acceptors (Lipinski definition) is 6. The van der Waals surface area contributed by atoms with Gasteiger partial charge in [-0.2, -0.15) is 5.10 Å². The molecule has 3 aliphatic rings. The summed E-state index contributed by atoms with van der Waals surface area (Å²) >= 11 is 0. The molecule has 1 N–H and O–H groups in total. The van der Waals surface area contributed by atoms with E-state index in [2.05, 4.69) is 69.4 Å². The molecular weight excluding hydrogens is 448 g/mol. The normalized spacial score (nSPS) is 19.2. The van der Waals surface area contributed by atoms with Gasteiger partial charge in [0.05, 0.1) is 18.5 Å². The summed E-state index contributed by atoms with van der Waals surface area (Å²) in [5, 5.41) is 7.37. The number of pyridine rings is 2. The second-order valence-corrected chi connectivity index (χ2v) is 10.1. The van der Waals surface area contributed by atoms with E-state index in [-0.39, 0.29) is 0 Å². The molecule has 1 aromatic carbocycles. The Morgan fingerprint density at radius 3 is 2.44 bits per heavy atom. The monoisotopic (exact) mass is 480 g/mol. The zero-order chi connectivity index (χ0) is 24.6. The number of piperidine rings is 1. The summed E-state index contributed by atoms with van der Waals surface area (Å²) in [6.45, 7) is 7.18. The van der Waals surface area contributed by atoms with E-state index < -0.39 is 0 Å². The zero-order valence-electron chi connectivity index (χ0n) is 21.1. The molecule has 0 amide bonds. The highest BCUT2D eigenvalue weighted by Gasteiger charge is 2.44. The van der Waals surface area contributed by atoms with Crippen LogP contribution in [0, 0.1) is 13.8 Å². The fraction of sp³-hybridized carbons (Fsp3) is 0.345. The van der Waals surface area contributed by atoms with Crippen LogP contribution in [0.1, 0.15) is 34.6 Å². The second kappa shape index (κ2) is 9.39. The van der Waals surface area contributed by atoms with Crippen LogP contribution in [0.15, 0.2) is 60.8 Å². The van der Waals surface area contributed by atoms with Crippen molar-refractivity contribution in [2.45, 2.75) is 45.3 Å². The standard InChI is InChI=1S/C29H32N6O/c1-19-10-23(13-24-12-20(2)32-33-24)31-28(11-19)22-6-9-29(30-15-22)34-17-25-14-26(18-34)35(25)16-21-4-7-27(36-3)8-5-21/h4-12,15,25-26H,13-14,16-18H2,1-3H3,(H,32,33). The highest BCUT2D eigenvalue weighted by molar-refractivity contribution is 5.61. The van der Waals surface area contributed by atoms with Gasteiger partial charge in [0.25, 0.3) is 0 Å². The Bertz CT molecular complexity index is 1340. The number of hydrogen-bond donors (Lipinski definition) is 1. The molecule has 2 unspecified atom stereocenters. The first-order chi connectivity index (χ1) is 17.5. The number of nitrogens with zero attached hydrogens (tertiary/aromatic N) is 5. The maximum atomic E-state index is 5.29. The number of aromatic amines is 1. The van der Waals surface area contributed by atoms with Crippen LogP contribution < -0.4 is 9.64 Å². The summed E-state index contributed by atoms with van der Waals surface area (Å²) in [7, 11) is 1.71. The lowest BCUT2D eigenvalue weighted by atomic mass is 9.86. The van der Waals surface area contributed by atoms with E-state index in [1.807, 2.05) is 25.3 Å². The van der Waals surface area contributed by atoms with E-state index in [1.165, 1.54) is 17.5 Å². The predicted octanol–water partition coefficient (Wildman–Crippen LogP) is 4.55. The van der Waals surface area contributed by atoms with Crippen LogP contribution in [0.2, 0.25) is 0 Å². The van der Waals surface area contributed by atoms with Crippen LogP contribution in [0.5, 0.6) is 5.75 Å². The van der Waals surface area contributed by atoms with Gasteiger partial charge in [-0.05, 0) is 73.9 Å². The van der Waals surface area contributed by atoms with Crippen molar-refractivity contribution in [1.82, 2.24) is 25.1 Å². The number of rotatable bonds is 7. The SMILES string of the molecule is COc1ccc(CN2C3CC2CN(c2ccc(-c4cc(C)cc(Cc5cc(C)[nH]n5)n4)cn2)C3)cc1. The fourth-order valence-corrected chi connectivity index (χ4v) is 5.53. The molecular formula is C29H32N6O. The average Bonchev–Trinajstić information content (AvgIpc) is 3.31. The number of aryl methyl sites for hydroxylation is 2. The summed E-state index contributed by atoms with van der Waals surface area (Å²) in [5.74, 6) is 1.96. The average molecular weight is 481 g/mol. The van der Waals surface area contributed by atoms with Crippen molar-refractivity contribution in [2.24, 2.45) is 0 Å². The number of aromatic nitrogens is 4. The molecule has 6 heterocycles. The van der Waals surface area contributed by atoms with Gasteiger partial charge in [-0.15, -0.1) is 0 Å². The van der Waals surface area contributed by atoms with E-state index in [0.29, 0.717) is 18.5 Å². The minimum atomic E-state index is 0.582. The Balaban J connectivity index is 1.11. The van der Waals surface area contributed by atoms with Crippen LogP contribution in [0.3, 0.4) is 0 Å². The molecule has 2 bridgehead atoms. The summed E-state index contributed by atoms with van der Waals surface area (Å²) in [6, 6.07) is 20.2. The Kier molecular flexibility index (Phi) is 5.93. The van der Waals surface area contributed by atoms with Gasteiger partial charge in [-0.3, -0.25) is 15.0 Å². The van der Waals surface area contributed by atoms with Crippen LogP contribution in [-0.4, -0.2) is 57.3 Å². The third-order valence-corrected chi connectivity index (χ3v) is 7.38. The summed E-state index contributed by atoms with van der Waals surface area (Å²) in [6.07, 6.45) is 3.96. The molecule has 3 aromatic heterocycles. The number of H-pyrrole nitrogens is 1. The number of piperazine rings is 1. The van der Waals surface area contributed by atoms with Crippen molar-refractivity contribution in [1.29, 1.82) is 0 Å². The van der Waals surface area contributed by atoms with E-state index >= 15 is 0 Å². The van der Waals surface area contributed by atoms with Crippen molar-refractivity contribution < 1.29 is 4.74 Å². The molecule has 3 saturated heterocycles. The van der Waals surface area contributed by atoms with Gasteiger partial charge in [0.15, 0.2) is 0 Å². The molecule has 3 aliphatic heterocycles. The van der Waals surface area contributed by atoms with Crippen LogP contribution in [0.4, 0.5) is 5.82 Å². The summed E-state index contributed by atoms with van der Waals surface area (Å²) in [5.41, 5.74) is 7.64. The van der Waals surface area contributed by atoms with E-state index in [0.717, 1.165) is 59.5 Å². The van der Waals surface area contributed by atoms with Crippen molar-refractivity contribution in [3.05, 3.63) is 89.0 Å². The molecule has 2 atom stereocenters. The predicted molar refractivity (Wildman–Crippen MR) is 141 cm³/mol. The van der Waals surface area contributed by atoms with Gasteiger partial charge in [0, 0.05) is 61.3 Å². The molecule has 36 heavy (non-hydrogen) atoms. The molecule has 0 aliphatic carbocycles. The Morgan fingerprint density at radius 2 is 1.78 bits per heavy atom. The number of methoxy groups -OCH3 is 1. The number of nitrogens with one attached hydrogen (secondary N) is 1. The van der Waals surface area contributed by atoms with Crippen molar-refractivity contribution in [3.8, 4) is 17.0 Å². The highest BCUT2D eigenvalue weighted by Crippen LogP contribution is 2.36. The van der Waals surface area contributed by atoms with Gasteiger partial charge in [-0.25, -0.2) is 4.98 Å². The third kappa shape index (κ3) is 4.58. The molecule has 0 saturated carbocycles. The minimum absolute atomic E-state index is 0.582. The van der Waals surface area contributed by atoms with Gasteiger partial charge < -0.3 is 9.64 Å². The highest BCUT2D eigenvalue weighted by atomic mass is 16.5. The number of benzene rings is 1. The van der Waals surface area contributed by atoms with Crippen LogP contribution in [-0.2, 0) is 13.0 Å². The lowest BCUT2D eigenvalue weighted by Gasteiger charge is -2.56. The Hall–Kier alpha value is -3.71. The number of ether oxygens (including phenoxy) is 1. The first kappa shape index (κ1) is 22.7. The zero-order valence-corrected chi connectivity index (χ0v) is 21.1. The molecule has 0 radical (unpaired) electrons. The van der Waals surface area contributed by atoms with Crippen molar-refractivity contribution in [3.63, 3.8) is 0 Å². The molecule has 7 rings (SSSR count). The van der Waals surface area contributed by atoms with Crippen molar-refractivity contribution in [2.75, 3.05) is 25.1 Å². The second-order valence-electron chi connectivity index (χ2n) is 10.1. The summed E-state index contributed by atoms with van der Waals surface area (Å²) in [4.78, 5) is 14.8. The maximum absolute atomic E-state index is 5.29. The topological polar surface area (TPSA) is 70.2 Å². The molecule has 7 heteroatoms. The largest absolute Gasteiger partial charge is 0.497 e. The first-order valence-corrected chi connectivity index (χ1v) is 12.6. The number of anilines is 1. The molecule has 184 valence electrons. The first-order valence-electron chi connectivity index (χ1n) is 12.6. The summed E-state index contributed by atoms with van der Waals surface area (Å²) < 4.78 is 5.29. The van der Waals surface area contributed by atoms with E-state index in [4.69, 9.17) is 14.7 Å². The lowest BCUT2D eigenvalue weighted by molar-refractivity contribution is -0.00868.